The topological polar surface area (TPSA) is 91.2 Å². The second-order valence-corrected chi connectivity index (χ2v) is 5.41. The van der Waals surface area contributed by atoms with Crippen LogP contribution in [0.4, 0.5) is 5.69 Å². The van der Waals surface area contributed by atoms with Crippen LogP contribution in [0.3, 0.4) is 0 Å². The van der Waals surface area contributed by atoms with E-state index in [9.17, 15) is 9.59 Å². The standard InChI is InChI=1S/C15H20N4O2/c1-9(2)17-14(20)8-19(3)15(21)13-7-10-6-11(16)4-5-12(10)18-13/h4-7,9,18H,8,16H2,1-3H3,(H,17,20). The number of rotatable bonds is 4. The van der Waals surface area contributed by atoms with Crippen molar-refractivity contribution in [2.75, 3.05) is 19.3 Å². The smallest absolute Gasteiger partial charge is 0.270 e. The van der Waals surface area contributed by atoms with Gasteiger partial charge >= 0.3 is 0 Å². The maximum absolute atomic E-state index is 12.3. The molecule has 1 aromatic carbocycles. The second kappa shape index (κ2) is 5.87. The maximum Gasteiger partial charge on any atom is 0.270 e. The number of amides is 2. The number of carbonyl (C=O) groups is 2. The number of nitrogens with two attached hydrogens (primary N) is 1. The van der Waals surface area contributed by atoms with Crippen molar-refractivity contribution >= 4 is 28.4 Å². The Morgan fingerprint density at radius 1 is 1.33 bits per heavy atom. The molecule has 6 nitrogen and oxygen atoms in total. The number of hydrogen-bond acceptors (Lipinski definition) is 3. The Morgan fingerprint density at radius 3 is 2.71 bits per heavy atom. The number of fused-ring (bicyclic) bond motifs is 1. The van der Waals surface area contributed by atoms with Crippen molar-refractivity contribution in [3.8, 4) is 0 Å². The lowest BCUT2D eigenvalue weighted by Crippen LogP contribution is -2.40. The highest BCUT2D eigenvalue weighted by Gasteiger charge is 2.17. The van der Waals surface area contributed by atoms with E-state index < -0.39 is 0 Å². The number of likely N-dealkylation sites (N-methyl/N-ethyl adjacent to an activating group) is 1. The summed E-state index contributed by atoms with van der Waals surface area (Å²) in [6.07, 6.45) is 0. The molecule has 0 aliphatic heterocycles. The summed E-state index contributed by atoms with van der Waals surface area (Å²) in [7, 11) is 1.60. The summed E-state index contributed by atoms with van der Waals surface area (Å²) in [4.78, 5) is 28.4. The van der Waals surface area contributed by atoms with Crippen LogP contribution in [0.5, 0.6) is 0 Å². The van der Waals surface area contributed by atoms with Gasteiger partial charge in [0.2, 0.25) is 5.91 Å². The number of H-pyrrole nitrogens is 1. The summed E-state index contributed by atoms with van der Waals surface area (Å²) in [6.45, 7) is 3.78. The third-order valence-electron chi connectivity index (χ3n) is 3.05. The Kier molecular flexibility index (Phi) is 4.16. The van der Waals surface area contributed by atoms with Crippen LogP contribution in [0.1, 0.15) is 24.3 Å². The molecule has 2 amide bonds. The van der Waals surface area contributed by atoms with E-state index in [1.807, 2.05) is 19.9 Å². The minimum Gasteiger partial charge on any atom is -0.399 e. The van der Waals surface area contributed by atoms with Gasteiger partial charge in [-0.15, -0.1) is 0 Å². The van der Waals surface area contributed by atoms with Crippen molar-refractivity contribution in [1.82, 2.24) is 15.2 Å². The fourth-order valence-corrected chi connectivity index (χ4v) is 2.13. The molecule has 0 aliphatic rings. The summed E-state index contributed by atoms with van der Waals surface area (Å²) in [5.41, 5.74) is 7.64. The van der Waals surface area contributed by atoms with E-state index in [1.165, 1.54) is 4.90 Å². The van der Waals surface area contributed by atoms with Crippen LogP contribution in [0.15, 0.2) is 24.3 Å². The first-order valence-corrected chi connectivity index (χ1v) is 6.80. The fraction of sp³-hybridized carbons (Fsp3) is 0.333. The molecule has 0 radical (unpaired) electrons. The van der Waals surface area contributed by atoms with Crippen LogP contribution < -0.4 is 11.1 Å². The monoisotopic (exact) mass is 288 g/mol. The number of nitrogen functional groups attached to an aromatic ring is 1. The minimum atomic E-state index is -0.233. The number of nitrogens with zero attached hydrogens (tertiary/aromatic N) is 1. The Balaban J connectivity index is 2.12. The van der Waals surface area contributed by atoms with Crippen LogP contribution in [-0.4, -0.2) is 41.3 Å². The summed E-state index contributed by atoms with van der Waals surface area (Å²) >= 11 is 0. The molecular formula is C15H20N4O2. The first-order chi connectivity index (χ1) is 9.86. The zero-order valence-electron chi connectivity index (χ0n) is 12.4. The van der Waals surface area contributed by atoms with Gasteiger partial charge in [0.05, 0.1) is 6.54 Å². The Bertz CT molecular complexity index is 675. The van der Waals surface area contributed by atoms with Crippen molar-refractivity contribution in [2.24, 2.45) is 0 Å². The van der Waals surface area contributed by atoms with Crippen molar-refractivity contribution in [3.05, 3.63) is 30.0 Å². The lowest BCUT2D eigenvalue weighted by Gasteiger charge is -2.17. The Morgan fingerprint density at radius 2 is 2.05 bits per heavy atom. The molecule has 21 heavy (non-hydrogen) atoms. The predicted octanol–water partition coefficient (Wildman–Crippen LogP) is 1.35. The van der Waals surface area contributed by atoms with Gasteiger partial charge in [-0.2, -0.15) is 0 Å². The first kappa shape index (κ1) is 14.9. The van der Waals surface area contributed by atoms with Crippen LogP contribution in [0, 0.1) is 0 Å². The third kappa shape index (κ3) is 3.53. The predicted molar refractivity (Wildman–Crippen MR) is 83.0 cm³/mol. The van der Waals surface area contributed by atoms with Gasteiger partial charge in [0.15, 0.2) is 0 Å². The van der Waals surface area contributed by atoms with Crippen LogP contribution >= 0.6 is 0 Å². The molecule has 0 saturated heterocycles. The molecule has 2 rings (SSSR count). The van der Waals surface area contributed by atoms with Gasteiger partial charge in [-0.05, 0) is 38.1 Å². The molecule has 4 N–H and O–H groups in total. The molecule has 0 saturated carbocycles. The van der Waals surface area contributed by atoms with Crippen LogP contribution in [-0.2, 0) is 4.79 Å². The van der Waals surface area contributed by atoms with Crippen molar-refractivity contribution in [1.29, 1.82) is 0 Å². The molecular weight excluding hydrogens is 268 g/mol. The number of anilines is 1. The number of benzene rings is 1. The number of aromatic amines is 1. The minimum absolute atomic E-state index is 0.0223. The molecule has 0 bridgehead atoms. The number of nitrogens with one attached hydrogen (secondary N) is 2. The van der Waals surface area contributed by atoms with E-state index >= 15 is 0 Å². The largest absolute Gasteiger partial charge is 0.399 e. The molecule has 0 unspecified atom stereocenters. The normalized spacial score (nSPS) is 10.9. The summed E-state index contributed by atoms with van der Waals surface area (Å²) in [5.74, 6) is -0.412. The molecule has 2 aromatic rings. The van der Waals surface area contributed by atoms with Gasteiger partial charge in [-0.25, -0.2) is 0 Å². The Hall–Kier alpha value is -2.50. The highest BCUT2D eigenvalue weighted by molar-refractivity contribution is 5.99. The highest BCUT2D eigenvalue weighted by atomic mass is 16.2. The van der Waals surface area contributed by atoms with Gasteiger partial charge in [-0.3, -0.25) is 9.59 Å². The van der Waals surface area contributed by atoms with Crippen LogP contribution in [0.25, 0.3) is 10.9 Å². The Labute approximate surface area is 123 Å². The van der Waals surface area contributed by atoms with Gasteiger partial charge in [0.1, 0.15) is 5.69 Å². The van der Waals surface area contributed by atoms with Gasteiger partial charge in [0.25, 0.3) is 5.91 Å². The van der Waals surface area contributed by atoms with E-state index in [0.29, 0.717) is 11.4 Å². The van der Waals surface area contributed by atoms with Crippen molar-refractivity contribution < 1.29 is 9.59 Å². The lowest BCUT2D eigenvalue weighted by molar-refractivity contribution is -0.122. The molecule has 0 spiro atoms. The maximum atomic E-state index is 12.3. The summed E-state index contributed by atoms with van der Waals surface area (Å²) in [5, 5.41) is 3.63. The van der Waals surface area contributed by atoms with Gasteiger partial charge in [-0.1, -0.05) is 0 Å². The highest BCUT2D eigenvalue weighted by Crippen LogP contribution is 2.19. The molecule has 0 fully saturated rings. The van der Waals surface area contributed by atoms with Crippen molar-refractivity contribution in [2.45, 2.75) is 19.9 Å². The average molecular weight is 288 g/mol. The van der Waals surface area contributed by atoms with E-state index in [0.717, 1.165) is 10.9 Å². The summed E-state index contributed by atoms with van der Waals surface area (Å²) in [6, 6.07) is 7.19. The number of hydrogen-bond donors (Lipinski definition) is 3. The fourth-order valence-electron chi connectivity index (χ4n) is 2.13. The van der Waals surface area contributed by atoms with E-state index in [2.05, 4.69) is 10.3 Å². The molecule has 1 aromatic heterocycles. The number of carbonyl (C=O) groups excluding carboxylic acids is 2. The molecule has 112 valence electrons. The van der Waals surface area contributed by atoms with E-state index in [-0.39, 0.29) is 24.4 Å². The quantitative estimate of drug-likeness (QED) is 0.742. The van der Waals surface area contributed by atoms with Crippen LogP contribution in [0.2, 0.25) is 0 Å². The molecule has 6 heteroatoms. The van der Waals surface area contributed by atoms with Gasteiger partial charge in [0, 0.05) is 29.7 Å². The zero-order chi connectivity index (χ0) is 15.6. The summed E-state index contributed by atoms with van der Waals surface area (Å²) < 4.78 is 0. The molecule has 0 aliphatic carbocycles. The lowest BCUT2D eigenvalue weighted by atomic mass is 10.2. The third-order valence-corrected chi connectivity index (χ3v) is 3.05. The SMILES string of the molecule is CC(C)NC(=O)CN(C)C(=O)c1cc2cc(N)ccc2[nH]1. The zero-order valence-corrected chi connectivity index (χ0v) is 12.4. The average Bonchev–Trinajstić information content (AvgIpc) is 2.79. The van der Waals surface area contributed by atoms with Crippen molar-refractivity contribution in [3.63, 3.8) is 0 Å². The number of aromatic nitrogens is 1. The van der Waals surface area contributed by atoms with E-state index in [4.69, 9.17) is 5.73 Å². The second-order valence-electron chi connectivity index (χ2n) is 5.41. The molecule has 1 heterocycles. The first-order valence-electron chi connectivity index (χ1n) is 6.80. The molecule has 0 atom stereocenters. The van der Waals surface area contributed by atoms with E-state index in [1.54, 1.807) is 25.2 Å². The van der Waals surface area contributed by atoms with Gasteiger partial charge < -0.3 is 20.9 Å².